The van der Waals surface area contributed by atoms with Crippen molar-refractivity contribution in [3.63, 3.8) is 0 Å². The molecule has 0 aliphatic carbocycles. The third kappa shape index (κ3) is 2.29. The van der Waals surface area contributed by atoms with Crippen molar-refractivity contribution in [2.75, 3.05) is 7.05 Å². The average Bonchev–Trinajstić information content (AvgIpc) is 2.85. The number of aryl methyl sites for hydroxylation is 1. The van der Waals surface area contributed by atoms with Crippen LogP contribution in [0.1, 0.15) is 22.0 Å². The number of benzene rings is 2. The smallest absolute Gasteiger partial charge is 0.0671 e. The van der Waals surface area contributed by atoms with E-state index in [1.165, 1.54) is 26.1 Å². The molecule has 0 bridgehead atoms. The standard InChI is InChI=1S/C17H17NS/c1-12-7-3-5-9-14(12)17(18-2)16-11-13-8-4-6-10-15(13)19-16/h3-11,17-18H,1-2H3. The predicted molar refractivity (Wildman–Crippen MR) is 83.9 cm³/mol. The molecule has 1 aromatic heterocycles. The van der Waals surface area contributed by atoms with Crippen molar-refractivity contribution in [1.29, 1.82) is 0 Å². The molecule has 1 heterocycles. The van der Waals surface area contributed by atoms with Crippen LogP contribution in [0.5, 0.6) is 0 Å². The van der Waals surface area contributed by atoms with Crippen molar-refractivity contribution in [3.8, 4) is 0 Å². The first-order chi connectivity index (χ1) is 9.29. The second-order valence-corrected chi connectivity index (χ2v) is 5.88. The van der Waals surface area contributed by atoms with Gasteiger partial charge in [0.15, 0.2) is 0 Å². The van der Waals surface area contributed by atoms with Crippen molar-refractivity contribution < 1.29 is 0 Å². The first kappa shape index (κ1) is 12.4. The molecule has 96 valence electrons. The van der Waals surface area contributed by atoms with E-state index >= 15 is 0 Å². The zero-order valence-corrected chi connectivity index (χ0v) is 12.0. The molecule has 0 fully saturated rings. The second kappa shape index (κ2) is 5.16. The van der Waals surface area contributed by atoms with Gasteiger partial charge in [0, 0.05) is 9.58 Å². The highest BCUT2D eigenvalue weighted by Gasteiger charge is 2.16. The lowest BCUT2D eigenvalue weighted by molar-refractivity contribution is 0.700. The molecule has 0 aliphatic rings. The third-order valence-electron chi connectivity index (χ3n) is 3.52. The van der Waals surface area contributed by atoms with Gasteiger partial charge >= 0.3 is 0 Å². The van der Waals surface area contributed by atoms with E-state index in [0.717, 1.165) is 0 Å². The summed E-state index contributed by atoms with van der Waals surface area (Å²) in [6, 6.07) is 19.7. The maximum atomic E-state index is 3.45. The highest BCUT2D eigenvalue weighted by atomic mass is 32.1. The largest absolute Gasteiger partial charge is 0.309 e. The maximum Gasteiger partial charge on any atom is 0.0671 e. The van der Waals surface area contributed by atoms with Crippen LogP contribution < -0.4 is 5.32 Å². The van der Waals surface area contributed by atoms with Gasteiger partial charge in [-0.25, -0.2) is 0 Å². The van der Waals surface area contributed by atoms with Gasteiger partial charge in [-0.15, -0.1) is 11.3 Å². The summed E-state index contributed by atoms with van der Waals surface area (Å²) in [4.78, 5) is 1.37. The normalized spacial score (nSPS) is 12.7. The Bertz CT molecular complexity index is 666. The Hall–Kier alpha value is -1.64. The molecule has 2 aromatic carbocycles. The minimum Gasteiger partial charge on any atom is -0.309 e. The Morgan fingerprint density at radius 3 is 2.47 bits per heavy atom. The quantitative estimate of drug-likeness (QED) is 0.735. The van der Waals surface area contributed by atoms with Crippen molar-refractivity contribution in [1.82, 2.24) is 5.32 Å². The van der Waals surface area contributed by atoms with Crippen LogP contribution in [0.15, 0.2) is 54.6 Å². The van der Waals surface area contributed by atoms with Crippen LogP contribution in [0.2, 0.25) is 0 Å². The number of hydrogen-bond acceptors (Lipinski definition) is 2. The minimum absolute atomic E-state index is 0.276. The van der Waals surface area contributed by atoms with Crippen molar-refractivity contribution in [2.45, 2.75) is 13.0 Å². The SMILES string of the molecule is CNC(c1cc2ccccc2s1)c1ccccc1C. The van der Waals surface area contributed by atoms with Gasteiger partial charge < -0.3 is 5.32 Å². The molecule has 3 rings (SSSR count). The number of thiophene rings is 1. The van der Waals surface area contributed by atoms with Crippen LogP contribution in [0, 0.1) is 6.92 Å². The predicted octanol–water partition coefficient (Wildman–Crippen LogP) is 4.52. The molecule has 3 aromatic rings. The molecule has 0 radical (unpaired) electrons. The number of hydrogen-bond donors (Lipinski definition) is 1. The molecule has 1 nitrogen and oxygen atoms in total. The van der Waals surface area contributed by atoms with Gasteiger partial charge in [0.05, 0.1) is 6.04 Å². The number of rotatable bonds is 3. The molecule has 0 saturated heterocycles. The topological polar surface area (TPSA) is 12.0 Å². The van der Waals surface area contributed by atoms with E-state index in [-0.39, 0.29) is 6.04 Å². The van der Waals surface area contributed by atoms with E-state index in [9.17, 15) is 0 Å². The molecular weight excluding hydrogens is 250 g/mol. The summed E-state index contributed by atoms with van der Waals surface area (Å²) in [6.07, 6.45) is 0. The fourth-order valence-corrected chi connectivity index (χ4v) is 3.70. The van der Waals surface area contributed by atoms with E-state index in [0.29, 0.717) is 0 Å². The highest BCUT2D eigenvalue weighted by Crippen LogP contribution is 2.33. The van der Waals surface area contributed by atoms with Crippen molar-refractivity contribution in [2.24, 2.45) is 0 Å². The zero-order valence-electron chi connectivity index (χ0n) is 11.2. The Balaban J connectivity index is 2.09. The Morgan fingerprint density at radius 1 is 1.00 bits per heavy atom. The lowest BCUT2D eigenvalue weighted by atomic mass is 10.00. The Morgan fingerprint density at radius 2 is 1.74 bits per heavy atom. The Labute approximate surface area is 117 Å². The number of nitrogens with one attached hydrogen (secondary N) is 1. The second-order valence-electron chi connectivity index (χ2n) is 4.76. The van der Waals surface area contributed by atoms with E-state index in [1.807, 2.05) is 18.4 Å². The molecule has 0 amide bonds. The molecule has 0 saturated carbocycles. The van der Waals surface area contributed by atoms with Gasteiger partial charge in [-0.2, -0.15) is 0 Å². The molecule has 1 unspecified atom stereocenters. The Kier molecular flexibility index (Phi) is 3.36. The van der Waals surface area contributed by atoms with Crippen LogP contribution in [0.3, 0.4) is 0 Å². The highest BCUT2D eigenvalue weighted by molar-refractivity contribution is 7.19. The van der Waals surface area contributed by atoms with E-state index in [1.54, 1.807) is 0 Å². The molecular formula is C17H17NS. The minimum atomic E-state index is 0.276. The molecule has 2 heteroatoms. The summed E-state index contributed by atoms with van der Waals surface area (Å²) in [7, 11) is 2.03. The lowest BCUT2D eigenvalue weighted by Gasteiger charge is -2.17. The first-order valence-electron chi connectivity index (χ1n) is 6.51. The molecule has 1 atom stereocenters. The summed E-state index contributed by atoms with van der Waals surface area (Å²) in [5, 5.41) is 4.78. The third-order valence-corrected chi connectivity index (χ3v) is 4.70. The van der Waals surface area contributed by atoms with Crippen molar-refractivity contribution in [3.05, 3.63) is 70.6 Å². The van der Waals surface area contributed by atoms with E-state index in [2.05, 4.69) is 66.8 Å². The summed E-state index contributed by atoms with van der Waals surface area (Å²) in [5.41, 5.74) is 2.69. The van der Waals surface area contributed by atoms with Gasteiger partial charge in [0.25, 0.3) is 0 Å². The van der Waals surface area contributed by atoms with Crippen LogP contribution in [0.4, 0.5) is 0 Å². The van der Waals surface area contributed by atoms with Gasteiger partial charge in [0.1, 0.15) is 0 Å². The monoisotopic (exact) mass is 267 g/mol. The van der Waals surface area contributed by atoms with Crippen LogP contribution in [-0.2, 0) is 0 Å². The molecule has 19 heavy (non-hydrogen) atoms. The molecule has 1 N–H and O–H groups in total. The van der Waals surface area contributed by atoms with Gasteiger partial charge in [-0.1, -0.05) is 42.5 Å². The average molecular weight is 267 g/mol. The fourth-order valence-electron chi connectivity index (χ4n) is 2.51. The van der Waals surface area contributed by atoms with E-state index < -0.39 is 0 Å². The lowest BCUT2D eigenvalue weighted by Crippen LogP contribution is -2.17. The molecule has 0 spiro atoms. The van der Waals surface area contributed by atoms with Gasteiger partial charge in [0.2, 0.25) is 0 Å². The summed E-state index contributed by atoms with van der Waals surface area (Å²) in [5.74, 6) is 0. The number of fused-ring (bicyclic) bond motifs is 1. The summed E-state index contributed by atoms with van der Waals surface area (Å²) in [6.45, 7) is 2.17. The summed E-state index contributed by atoms with van der Waals surface area (Å²) >= 11 is 1.87. The molecule has 0 aliphatic heterocycles. The zero-order chi connectivity index (χ0) is 13.2. The van der Waals surface area contributed by atoms with Gasteiger partial charge in [-0.3, -0.25) is 0 Å². The maximum absolute atomic E-state index is 3.45. The van der Waals surface area contributed by atoms with Crippen LogP contribution in [-0.4, -0.2) is 7.05 Å². The van der Waals surface area contributed by atoms with Crippen molar-refractivity contribution >= 4 is 21.4 Å². The van der Waals surface area contributed by atoms with Gasteiger partial charge in [-0.05, 0) is 42.6 Å². The first-order valence-corrected chi connectivity index (χ1v) is 7.32. The van der Waals surface area contributed by atoms with Crippen LogP contribution in [0.25, 0.3) is 10.1 Å². The van der Waals surface area contributed by atoms with Crippen LogP contribution >= 0.6 is 11.3 Å². The summed E-state index contributed by atoms with van der Waals surface area (Å²) < 4.78 is 1.35. The van der Waals surface area contributed by atoms with E-state index in [4.69, 9.17) is 0 Å². The fraction of sp³-hybridized carbons (Fsp3) is 0.176.